The molecule has 0 radical (unpaired) electrons. The quantitative estimate of drug-likeness (QED) is 0.776. The molecule has 11 heteroatoms. The van der Waals surface area contributed by atoms with Crippen LogP contribution in [0.1, 0.15) is 10.4 Å². The molecule has 0 spiro atoms. The summed E-state index contributed by atoms with van der Waals surface area (Å²) >= 11 is 12.4. The normalized spacial score (nSPS) is 13.1. The molecule has 1 aliphatic heterocycles. The summed E-state index contributed by atoms with van der Waals surface area (Å²) in [5.41, 5.74) is 2.30. The summed E-state index contributed by atoms with van der Waals surface area (Å²) in [5.74, 6) is 0.263. The van der Waals surface area contributed by atoms with Gasteiger partial charge in [0, 0.05) is 5.56 Å². The highest BCUT2D eigenvalue weighted by Gasteiger charge is 2.22. The summed E-state index contributed by atoms with van der Waals surface area (Å²) in [6, 6.07) is 5.68. The number of hydrazine groups is 1. The molecule has 2 heterocycles. The van der Waals surface area contributed by atoms with Crippen LogP contribution in [0.5, 0.6) is 11.5 Å². The SMILES string of the molecule is O=C(NNS(=O)(=O)c1cc(Cl)sc1Cl)c1ccc2c(c1)OCO2. The molecule has 3 rings (SSSR count). The van der Waals surface area contributed by atoms with Gasteiger partial charge >= 0.3 is 0 Å². The minimum atomic E-state index is -4.03. The lowest BCUT2D eigenvalue weighted by Crippen LogP contribution is -2.41. The third-order valence-corrected chi connectivity index (χ3v) is 5.85. The fourth-order valence-electron chi connectivity index (χ4n) is 1.79. The van der Waals surface area contributed by atoms with Crippen molar-refractivity contribution in [2.24, 2.45) is 0 Å². The number of amides is 1. The van der Waals surface area contributed by atoms with Gasteiger partial charge in [-0.2, -0.15) is 0 Å². The number of halogens is 2. The monoisotopic (exact) mass is 394 g/mol. The Kier molecular flexibility index (Phi) is 4.39. The Morgan fingerprint density at radius 1 is 1.17 bits per heavy atom. The van der Waals surface area contributed by atoms with E-state index in [1.165, 1.54) is 18.2 Å². The summed E-state index contributed by atoms with van der Waals surface area (Å²) in [6.07, 6.45) is 0. The van der Waals surface area contributed by atoms with Crippen LogP contribution in [0.4, 0.5) is 0 Å². The van der Waals surface area contributed by atoms with Gasteiger partial charge in [-0.1, -0.05) is 23.2 Å². The van der Waals surface area contributed by atoms with Gasteiger partial charge in [-0.05, 0) is 24.3 Å². The number of rotatable bonds is 4. The van der Waals surface area contributed by atoms with Crippen molar-refractivity contribution in [3.63, 3.8) is 0 Å². The molecule has 2 aromatic rings. The maximum atomic E-state index is 12.1. The molecule has 2 N–H and O–H groups in total. The number of carbonyl (C=O) groups is 1. The predicted octanol–water partition coefficient (Wildman–Crippen LogP) is 2.41. The predicted molar refractivity (Wildman–Crippen MR) is 84.7 cm³/mol. The number of thiophene rings is 1. The average Bonchev–Trinajstić information content (AvgIpc) is 3.10. The zero-order valence-corrected chi connectivity index (χ0v) is 14.3. The molecule has 1 aliphatic rings. The molecule has 0 fully saturated rings. The smallest absolute Gasteiger partial charge is 0.266 e. The first-order chi connectivity index (χ1) is 10.9. The molecule has 1 amide bonds. The van der Waals surface area contributed by atoms with E-state index in [2.05, 4.69) is 5.43 Å². The molecule has 0 saturated carbocycles. The van der Waals surface area contributed by atoms with Crippen LogP contribution in [0.3, 0.4) is 0 Å². The minimum Gasteiger partial charge on any atom is -0.454 e. The van der Waals surface area contributed by atoms with Crippen LogP contribution >= 0.6 is 34.5 Å². The van der Waals surface area contributed by atoms with E-state index < -0.39 is 15.9 Å². The van der Waals surface area contributed by atoms with Crippen LogP contribution in [0.25, 0.3) is 0 Å². The first-order valence-electron chi connectivity index (χ1n) is 6.03. The average molecular weight is 395 g/mol. The summed E-state index contributed by atoms with van der Waals surface area (Å²) in [6.45, 7) is 0.0739. The van der Waals surface area contributed by atoms with E-state index in [1.54, 1.807) is 6.07 Å². The zero-order valence-electron chi connectivity index (χ0n) is 11.1. The van der Waals surface area contributed by atoms with Crippen LogP contribution in [0.2, 0.25) is 8.67 Å². The summed E-state index contributed by atoms with van der Waals surface area (Å²) in [5, 5.41) is 0. The maximum absolute atomic E-state index is 12.1. The van der Waals surface area contributed by atoms with Crippen LogP contribution in [0, 0.1) is 0 Å². The van der Waals surface area contributed by atoms with E-state index in [1.807, 2.05) is 4.83 Å². The number of hydrogen-bond acceptors (Lipinski definition) is 6. The number of carbonyl (C=O) groups excluding carboxylic acids is 1. The van der Waals surface area contributed by atoms with Crippen molar-refractivity contribution in [3.05, 3.63) is 38.5 Å². The molecular formula is C12H8Cl2N2O5S2. The van der Waals surface area contributed by atoms with Gasteiger partial charge in [0.2, 0.25) is 6.79 Å². The summed E-state index contributed by atoms with van der Waals surface area (Å²) < 4.78 is 34.7. The van der Waals surface area contributed by atoms with Gasteiger partial charge in [0.15, 0.2) is 11.5 Å². The number of ether oxygens (including phenoxy) is 2. The Morgan fingerprint density at radius 2 is 1.91 bits per heavy atom. The molecule has 0 atom stereocenters. The molecule has 0 saturated heterocycles. The van der Waals surface area contributed by atoms with Crippen molar-refractivity contribution in [2.45, 2.75) is 4.90 Å². The third kappa shape index (κ3) is 3.38. The van der Waals surface area contributed by atoms with Gasteiger partial charge < -0.3 is 9.47 Å². The van der Waals surface area contributed by atoms with Crippen LogP contribution in [-0.2, 0) is 10.0 Å². The third-order valence-electron chi connectivity index (χ3n) is 2.85. The molecule has 0 unspecified atom stereocenters. The second kappa shape index (κ2) is 6.17. The number of hydrogen-bond donors (Lipinski definition) is 2. The Morgan fingerprint density at radius 3 is 2.61 bits per heavy atom. The van der Waals surface area contributed by atoms with Crippen molar-refractivity contribution in [3.8, 4) is 11.5 Å². The van der Waals surface area contributed by atoms with Crippen LogP contribution < -0.4 is 19.7 Å². The van der Waals surface area contributed by atoms with E-state index in [9.17, 15) is 13.2 Å². The first-order valence-corrected chi connectivity index (χ1v) is 9.09. The molecule has 0 aliphatic carbocycles. The van der Waals surface area contributed by atoms with Crippen molar-refractivity contribution in [1.29, 1.82) is 0 Å². The topological polar surface area (TPSA) is 93.7 Å². The van der Waals surface area contributed by atoms with Gasteiger partial charge in [-0.15, -0.1) is 16.2 Å². The summed E-state index contributed by atoms with van der Waals surface area (Å²) in [7, 11) is -4.03. The molecule has 122 valence electrons. The maximum Gasteiger partial charge on any atom is 0.266 e. The standard InChI is InChI=1S/C12H8Cl2N2O5S2/c13-10-4-9(11(14)22-10)23(18,19)16-15-12(17)6-1-2-7-8(3-6)21-5-20-7/h1-4,16H,5H2,(H,15,17). The highest BCUT2D eigenvalue weighted by Crippen LogP contribution is 2.34. The van der Waals surface area contributed by atoms with Gasteiger partial charge in [-0.3, -0.25) is 10.2 Å². The van der Waals surface area contributed by atoms with Crippen LogP contribution in [0.15, 0.2) is 29.2 Å². The molecule has 0 bridgehead atoms. The number of sulfonamides is 1. The lowest BCUT2D eigenvalue weighted by Gasteiger charge is -2.08. The Balaban J connectivity index is 1.72. The van der Waals surface area contributed by atoms with Crippen LogP contribution in [-0.4, -0.2) is 21.1 Å². The first kappa shape index (κ1) is 16.3. The number of benzene rings is 1. The highest BCUT2D eigenvalue weighted by atomic mass is 35.5. The Hall–Kier alpha value is -1.52. The van der Waals surface area contributed by atoms with E-state index in [-0.39, 0.29) is 25.9 Å². The van der Waals surface area contributed by atoms with Gasteiger partial charge in [0.25, 0.3) is 15.9 Å². The fraction of sp³-hybridized carbons (Fsp3) is 0.0833. The number of fused-ring (bicyclic) bond motifs is 1. The van der Waals surface area contributed by atoms with Crippen molar-refractivity contribution in [2.75, 3.05) is 6.79 Å². The van der Waals surface area contributed by atoms with E-state index >= 15 is 0 Å². The van der Waals surface area contributed by atoms with E-state index in [0.29, 0.717) is 11.5 Å². The second-order valence-electron chi connectivity index (χ2n) is 4.32. The minimum absolute atomic E-state index is 0.000159. The largest absolute Gasteiger partial charge is 0.454 e. The zero-order chi connectivity index (χ0) is 16.6. The lowest BCUT2D eigenvalue weighted by molar-refractivity contribution is 0.0944. The van der Waals surface area contributed by atoms with Gasteiger partial charge in [0.05, 0.1) is 4.34 Å². The van der Waals surface area contributed by atoms with E-state index in [4.69, 9.17) is 32.7 Å². The van der Waals surface area contributed by atoms with Crippen molar-refractivity contribution >= 4 is 50.5 Å². The van der Waals surface area contributed by atoms with Gasteiger partial charge in [0.1, 0.15) is 9.23 Å². The summed E-state index contributed by atoms with van der Waals surface area (Å²) in [4.78, 5) is 13.8. The van der Waals surface area contributed by atoms with Crippen molar-refractivity contribution in [1.82, 2.24) is 10.3 Å². The molecule has 7 nitrogen and oxygen atoms in total. The molecule has 1 aromatic carbocycles. The fourth-order valence-corrected chi connectivity index (χ4v) is 4.78. The molecular weight excluding hydrogens is 387 g/mol. The van der Waals surface area contributed by atoms with Crippen molar-refractivity contribution < 1.29 is 22.7 Å². The Labute approximate surface area is 145 Å². The van der Waals surface area contributed by atoms with Gasteiger partial charge in [-0.25, -0.2) is 8.42 Å². The number of nitrogens with one attached hydrogen (secondary N) is 2. The highest BCUT2D eigenvalue weighted by molar-refractivity contribution is 7.89. The second-order valence-corrected chi connectivity index (χ2v) is 8.25. The van der Waals surface area contributed by atoms with E-state index in [0.717, 1.165) is 11.3 Å². The molecule has 1 aromatic heterocycles. The molecule has 23 heavy (non-hydrogen) atoms. The Bertz CT molecular complexity index is 882. The lowest BCUT2D eigenvalue weighted by atomic mass is 10.2.